The molecular formula is C46H33N3S. The number of thiophene rings is 1. The van der Waals surface area contributed by atoms with E-state index in [1.165, 1.54) is 52.8 Å². The molecule has 5 aromatic carbocycles. The third-order valence-corrected chi connectivity index (χ3v) is 10.7. The normalized spacial score (nSPS) is 12.6. The fourth-order valence-electron chi connectivity index (χ4n) is 7.20. The third kappa shape index (κ3) is 4.96. The monoisotopic (exact) mass is 659 g/mol. The number of benzene rings is 5. The number of hydrogen-bond donors (Lipinski definition) is 0. The van der Waals surface area contributed by atoms with Crippen molar-refractivity contribution in [2.24, 2.45) is 0 Å². The number of allylic oxidation sites excluding steroid dienone is 6. The molecule has 0 spiro atoms. The minimum atomic E-state index is 0.855. The average Bonchev–Trinajstić information content (AvgIpc) is 3.74. The van der Waals surface area contributed by atoms with Gasteiger partial charge < -0.3 is 4.57 Å². The summed E-state index contributed by atoms with van der Waals surface area (Å²) in [6.45, 7) is 4.13. The number of para-hydroxylation sites is 1. The highest BCUT2D eigenvalue weighted by Crippen LogP contribution is 2.47. The summed E-state index contributed by atoms with van der Waals surface area (Å²) in [7, 11) is 0. The molecule has 0 unspecified atom stereocenters. The summed E-state index contributed by atoms with van der Waals surface area (Å²) < 4.78 is 5.11. The summed E-state index contributed by atoms with van der Waals surface area (Å²) >= 11 is 1.89. The number of fused-ring (bicyclic) bond motifs is 10. The lowest BCUT2D eigenvalue weighted by Gasteiger charge is -2.13. The number of nitrogens with zero attached hydrogens (tertiary/aromatic N) is 3. The van der Waals surface area contributed by atoms with Gasteiger partial charge in [-0.25, -0.2) is 4.98 Å². The van der Waals surface area contributed by atoms with Crippen molar-refractivity contribution in [2.45, 2.75) is 13.8 Å². The van der Waals surface area contributed by atoms with Crippen LogP contribution in [0.3, 0.4) is 0 Å². The van der Waals surface area contributed by atoms with Crippen molar-refractivity contribution in [1.82, 2.24) is 14.5 Å². The van der Waals surface area contributed by atoms with Crippen LogP contribution in [0.25, 0.3) is 86.5 Å². The molecule has 0 bridgehead atoms. The van der Waals surface area contributed by atoms with Crippen LogP contribution in [-0.2, 0) is 0 Å². The van der Waals surface area contributed by atoms with Gasteiger partial charge in [-0.2, -0.15) is 0 Å². The van der Waals surface area contributed by atoms with Crippen molar-refractivity contribution < 1.29 is 0 Å². The van der Waals surface area contributed by atoms with Gasteiger partial charge in [0.1, 0.15) is 0 Å². The standard InChI is InChI=1S/C46H33N3S/c1-3-4-5-6-15-30(2)39-28-32(29-40(48-39)38-20-13-14-27-47-38)31-23-25-33(26-24-31)49-41-21-11-9-18-36(41)43-34-16-7-8-17-35(34)44-37-19-10-12-22-42(37)50-46(44)45(43)49/h3-29H,1-2H3/b4-3-,6-5-,30-15+. The summed E-state index contributed by atoms with van der Waals surface area (Å²) in [6.07, 6.45) is 12.1. The molecule has 0 radical (unpaired) electrons. The van der Waals surface area contributed by atoms with E-state index in [9.17, 15) is 0 Å². The Kier molecular flexibility index (Phi) is 7.45. The Hall–Kier alpha value is -6.10. The van der Waals surface area contributed by atoms with Crippen molar-refractivity contribution in [2.75, 3.05) is 0 Å². The maximum Gasteiger partial charge on any atom is 0.0899 e. The molecule has 0 saturated carbocycles. The quantitative estimate of drug-likeness (QED) is 0.166. The molecule has 9 aromatic rings. The van der Waals surface area contributed by atoms with Gasteiger partial charge in [0.25, 0.3) is 0 Å². The molecule has 50 heavy (non-hydrogen) atoms. The molecular weight excluding hydrogens is 627 g/mol. The van der Waals surface area contributed by atoms with E-state index in [0.29, 0.717) is 0 Å². The average molecular weight is 660 g/mol. The van der Waals surface area contributed by atoms with E-state index in [1.807, 2.05) is 60.9 Å². The van der Waals surface area contributed by atoms with Gasteiger partial charge in [0.05, 0.1) is 32.8 Å². The molecule has 4 heteroatoms. The smallest absolute Gasteiger partial charge is 0.0899 e. The molecule has 0 amide bonds. The van der Waals surface area contributed by atoms with Gasteiger partial charge in [0, 0.05) is 38.1 Å². The van der Waals surface area contributed by atoms with Gasteiger partial charge >= 0.3 is 0 Å². The topological polar surface area (TPSA) is 30.7 Å². The molecule has 4 heterocycles. The molecule has 0 aliphatic rings. The number of pyridine rings is 2. The first kappa shape index (κ1) is 30.0. The van der Waals surface area contributed by atoms with E-state index >= 15 is 0 Å². The maximum absolute atomic E-state index is 5.04. The minimum absolute atomic E-state index is 0.855. The lowest BCUT2D eigenvalue weighted by atomic mass is 9.99. The third-order valence-electron chi connectivity index (χ3n) is 9.53. The van der Waals surface area contributed by atoms with Crippen molar-refractivity contribution in [3.8, 4) is 28.2 Å². The number of hydrogen-bond acceptors (Lipinski definition) is 3. The van der Waals surface area contributed by atoms with Crippen LogP contribution in [0.15, 0.2) is 164 Å². The second-order valence-electron chi connectivity index (χ2n) is 12.6. The zero-order valence-electron chi connectivity index (χ0n) is 27.8. The second-order valence-corrected chi connectivity index (χ2v) is 13.6. The van der Waals surface area contributed by atoms with Crippen LogP contribution < -0.4 is 0 Å². The van der Waals surface area contributed by atoms with Crippen LogP contribution in [0.1, 0.15) is 19.5 Å². The SMILES string of the molecule is C\C=C/C=C\C=C(/C)c1cc(-c2ccc(-n3c4ccccc4c4c5ccccc5c5c6ccccc6sc5c43)cc2)cc(-c2ccccn2)n1. The van der Waals surface area contributed by atoms with Crippen LogP contribution in [-0.4, -0.2) is 14.5 Å². The van der Waals surface area contributed by atoms with E-state index in [2.05, 4.69) is 138 Å². The van der Waals surface area contributed by atoms with Gasteiger partial charge in [-0.05, 0) is 89.9 Å². The van der Waals surface area contributed by atoms with Gasteiger partial charge in [0.2, 0.25) is 0 Å². The van der Waals surface area contributed by atoms with E-state index in [4.69, 9.17) is 4.98 Å². The van der Waals surface area contributed by atoms with E-state index in [0.717, 1.165) is 39.5 Å². The molecule has 0 atom stereocenters. The van der Waals surface area contributed by atoms with Crippen LogP contribution in [0.4, 0.5) is 0 Å². The Morgan fingerprint density at radius 1 is 0.640 bits per heavy atom. The minimum Gasteiger partial charge on any atom is -0.308 e. The van der Waals surface area contributed by atoms with Crippen molar-refractivity contribution in [1.29, 1.82) is 0 Å². The molecule has 0 N–H and O–H groups in total. The highest BCUT2D eigenvalue weighted by Gasteiger charge is 2.21. The lowest BCUT2D eigenvalue weighted by molar-refractivity contribution is 1.19. The Bertz CT molecular complexity index is 2810. The van der Waals surface area contributed by atoms with Gasteiger partial charge in [0.15, 0.2) is 0 Å². The molecule has 0 fully saturated rings. The van der Waals surface area contributed by atoms with Gasteiger partial charge in [-0.15, -0.1) is 11.3 Å². The first-order chi connectivity index (χ1) is 24.7. The Morgan fingerprint density at radius 2 is 1.36 bits per heavy atom. The van der Waals surface area contributed by atoms with Crippen molar-refractivity contribution in [3.63, 3.8) is 0 Å². The molecule has 3 nitrogen and oxygen atoms in total. The summed E-state index contributed by atoms with van der Waals surface area (Å²) in [5.41, 5.74) is 9.58. The summed E-state index contributed by atoms with van der Waals surface area (Å²) in [6, 6.07) is 45.9. The first-order valence-electron chi connectivity index (χ1n) is 17.0. The van der Waals surface area contributed by atoms with Crippen molar-refractivity contribution in [3.05, 3.63) is 170 Å². The largest absolute Gasteiger partial charge is 0.308 e. The molecule has 238 valence electrons. The summed E-state index contributed by atoms with van der Waals surface area (Å²) in [5.74, 6) is 0. The Morgan fingerprint density at radius 3 is 2.14 bits per heavy atom. The van der Waals surface area contributed by atoms with Crippen LogP contribution in [0.5, 0.6) is 0 Å². The fraction of sp³-hybridized carbons (Fsp3) is 0.0435. The predicted molar refractivity (Wildman–Crippen MR) is 215 cm³/mol. The van der Waals surface area contributed by atoms with Gasteiger partial charge in [-0.1, -0.05) is 109 Å². The summed E-state index contributed by atoms with van der Waals surface area (Å²) in [5, 5.41) is 7.84. The number of rotatable bonds is 6. The molecule has 9 rings (SSSR count). The number of aromatic nitrogens is 3. The maximum atomic E-state index is 5.04. The lowest BCUT2D eigenvalue weighted by Crippen LogP contribution is -1.96. The van der Waals surface area contributed by atoms with Gasteiger partial charge in [-0.3, -0.25) is 4.98 Å². The molecule has 4 aromatic heterocycles. The second kappa shape index (κ2) is 12.4. The van der Waals surface area contributed by atoms with E-state index in [-0.39, 0.29) is 0 Å². The molecule has 0 aliphatic carbocycles. The van der Waals surface area contributed by atoms with Crippen molar-refractivity contribution >= 4 is 69.7 Å². The zero-order chi connectivity index (χ0) is 33.6. The molecule has 0 aliphatic heterocycles. The first-order valence-corrected chi connectivity index (χ1v) is 17.8. The van der Waals surface area contributed by atoms with Crippen LogP contribution in [0.2, 0.25) is 0 Å². The highest BCUT2D eigenvalue weighted by molar-refractivity contribution is 7.27. The van der Waals surface area contributed by atoms with E-state index in [1.54, 1.807) is 0 Å². The summed E-state index contributed by atoms with van der Waals surface area (Å²) in [4.78, 5) is 9.67. The molecule has 0 saturated heterocycles. The fourth-order valence-corrected chi connectivity index (χ4v) is 8.46. The van der Waals surface area contributed by atoms with Crippen LogP contribution in [0, 0.1) is 0 Å². The Labute approximate surface area is 294 Å². The Balaban J connectivity index is 1.25. The zero-order valence-corrected chi connectivity index (χ0v) is 28.7. The highest BCUT2D eigenvalue weighted by atomic mass is 32.1. The van der Waals surface area contributed by atoms with E-state index < -0.39 is 0 Å². The van der Waals surface area contributed by atoms with Crippen LogP contribution >= 0.6 is 11.3 Å². The predicted octanol–water partition coefficient (Wildman–Crippen LogP) is 13.0.